The van der Waals surface area contributed by atoms with Gasteiger partial charge in [-0.3, -0.25) is 4.57 Å². The number of benzene rings is 1. The maximum atomic E-state index is 10.9. The fourth-order valence-electron chi connectivity index (χ4n) is 1.54. The zero-order valence-electron chi connectivity index (χ0n) is 9.36. The summed E-state index contributed by atoms with van der Waals surface area (Å²) in [7, 11) is 0. The van der Waals surface area contributed by atoms with Gasteiger partial charge in [-0.1, -0.05) is 0 Å². The number of hydrogen-bond acceptors (Lipinski definition) is 4. The molecule has 0 bridgehead atoms. The normalized spacial score (nSPS) is 10.3. The first-order chi connectivity index (χ1) is 8.49. The van der Waals surface area contributed by atoms with Crippen LogP contribution in [0.5, 0.6) is 0 Å². The van der Waals surface area contributed by atoms with Crippen LogP contribution in [0.15, 0.2) is 24.5 Å². The smallest absolute Gasteiger partial charge is 0.335 e. The monoisotopic (exact) mass is 247 g/mol. The van der Waals surface area contributed by atoms with Gasteiger partial charge in [0.1, 0.15) is 12.2 Å². The molecule has 0 aliphatic heterocycles. The summed E-state index contributed by atoms with van der Waals surface area (Å²) in [5.41, 5.74) is 0.200. The molecule has 0 fully saturated rings. The highest BCUT2D eigenvalue weighted by Crippen LogP contribution is 2.16. The number of carboxylic acids is 2. The third-order valence-electron chi connectivity index (χ3n) is 2.41. The topological polar surface area (TPSA) is 105 Å². The van der Waals surface area contributed by atoms with Gasteiger partial charge >= 0.3 is 11.9 Å². The molecule has 0 aliphatic carbocycles. The minimum Gasteiger partial charge on any atom is -0.478 e. The zero-order valence-corrected chi connectivity index (χ0v) is 9.36. The average molecular weight is 247 g/mol. The average Bonchev–Trinajstić information content (AvgIpc) is 2.74. The van der Waals surface area contributed by atoms with Crippen LogP contribution in [0.1, 0.15) is 26.5 Å². The van der Waals surface area contributed by atoms with Crippen LogP contribution in [0.3, 0.4) is 0 Å². The van der Waals surface area contributed by atoms with E-state index in [0.717, 1.165) is 6.07 Å². The Labute approximate surface area is 101 Å². The summed E-state index contributed by atoms with van der Waals surface area (Å²) in [5, 5.41) is 25.3. The molecule has 1 heterocycles. The van der Waals surface area contributed by atoms with Crippen LogP contribution in [-0.2, 0) is 0 Å². The molecule has 0 saturated heterocycles. The number of hydrogen-bond donors (Lipinski definition) is 2. The Morgan fingerprint density at radius 3 is 2.06 bits per heavy atom. The van der Waals surface area contributed by atoms with E-state index in [1.807, 2.05) is 0 Å². The predicted octanol–water partition coefficient (Wildman–Crippen LogP) is 0.972. The van der Waals surface area contributed by atoms with Gasteiger partial charge in [-0.05, 0) is 25.1 Å². The van der Waals surface area contributed by atoms with E-state index in [1.165, 1.54) is 23.0 Å². The fraction of sp³-hybridized carbons (Fsp3) is 0.0909. The lowest BCUT2D eigenvalue weighted by Crippen LogP contribution is -2.06. The zero-order chi connectivity index (χ0) is 13.3. The fourth-order valence-corrected chi connectivity index (χ4v) is 1.54. The molecule has 1 aromatic heterocycles. The molecule has 0 radical (unpaired) electrons. The molecule has 1 aromatic carbocycles. The Morgan fingerprint density at radius 2 is 1.67 bits per heavy atom. The Hall–Kier alpha value is -2.70. The van der Waals surface area contributed by atoms with Crippen molar-refractivity contribution in [3.05, 3.63) is 41.5 Å². The van der Waals surface area contributed by atoms with Crippen molar-refractivity contribution in [2.45, 2.75) is 6.92 Å². The maximum absolute atomic E-state index is 10.9. The van der Waals surface area contributed by atoms with E-state index < -0.39 is 11.9 Å². The van der Waals surface area contributed by atoms with Gasteiger partial charge in [0.05, 0.1) is 16.8 Å². The first kappa shape index (κ1) is 11.8. The molecule has 0 spiro atoms. The predicted molar refractivity (Wildman–Crippen MR) is 60.0 cm³/mol. The van der Waals surface area contributed by atoms with Gasteiger partial charge in [-0.25, -0.2) is 9.59 Å². The molecule has 0 aliphatic rings. The number of carboxylic acid groups (broad SMARTS) is 2. The van der Waals surface area contributed by atoms with Crippen molar-refractivity contribution in [1.82, 2.24) is 14.8 Å². The van der Waals surface area contributed by atoms with Gasteiger partial charge in [0.2, 0.25) is 0 Å². The van der Waals surface area contributed by atoms with Gasteiger partial charge in [-0.2, -0.15) is 0 Å². The van der Waals surface area contributed by atoms with Crippen LogP contribution >= 0.6 is 0 Å². The molecule has 0 amide bonds. The molecule has 92 valence electrons. The molecule has 7 heteroatoms. The van der Waals surface area contributed by atoms with E-state index in [0.29, 0.717) is 11.5 Å². The minimum atomic E-state index is -1.19. The van der Waals surface area contributed by atoms with Crippen LogP contribution < -0.4 is 0 Å². The number of rotatable bonds is 3. The summed E-state index contributed by atoms with van der Waals surface area (Å²) in [6, 6.07) is 3.84. The molecule has 0 saturated carbocycles. The maximum Gasteiger partial charge on any atom is 0.335 e. The summed E-state index contributed by atoms with van der Waals surface area (Å²) in [4.78, 5) is 21.9. The van der Waals surface area contributed by atoms with Crippen molar-refractivity contribution in [2.75, 3.05) is 0 Å². The van der Waals surface area contributed by atoms with Crippen molar-refractivity contribution < 1.29 is 19.8 Å². The van der Waals surface area contributed by atoms with E-state index in [1.54, 1.807) is 6.92 Å². The molecule has 18 heavy (non-hydrogen) atoms. The molecule has 2 rings (SSSR count). The van der Waals surface area contributed by atoms with Gasteiger partial charge in [0.15, 0.2) is 0 Å². The lowest BCUT2D eigenvalue weighted by atomic mass is 10.1. The van der Waals surface area contributed by atoms with E-state index in [4.69, 9.17) is 10.2 Å². The quantitative estimate of drug-likeness (QED) is 0.837. The van der Waals surface area contributed by atoms with Crippen molar-refractivity contribution in [3.8, 4) is 5.69 Å². The third-order valence-corrected chi connectivity index (χ3v) is 2.41. The van der Waals surface area contributed by atoms with Crippen molar-refractivity contribution in [1.29, 1.82) is 0 Å². The summed E-state index contributed by atoms with van der Waals surface area (Å²) in [5.74, 6) is -1.84. The summed E-state index contributed by atoms with van der Waals surface area (Å²) in [6.45, 7) is 1.68. The van der Waals surface area contributed by atoms with Crippen LogP contribution in [0, 0.1) is 6.92 Å². The van der Waals surface area contributed by atoms with E-state index in [-0.39, 0.29) is 11.1 Å². The Morgan fingerprint density at radius 1 is 1.11 bits per heavy atom. The first-order valence-electron chi connectivity index (χ1n) is 4.97. The van der Waals surface area contributed by atoms with Gasteiger partial charge in [0, 0.05) is 0 Å². The van der Waals surface area contributed by atoms with Crippen LogP contribution in [-0.4, -0.2) is 36.9 Å². The second-order valence-corrected chi connectivity index (χ2v) is 3.63. The minimum absolute atomic E-state index is 0.0991. The number of aromatic carboxylic acids is 2. The van der Waals surface area contributed by atoms with Gasteiger partial charge < -0.3 is 10.2 Å². The summed E-state index contributed by atoms with van der Waals surface area (Å²) < 4.78 is 1.51. The molecule has 0 atom stereocenters. The second kappa shape index (κ2) is 4.28. The van der Waals surface area contributed by atoms with Gasteiger partial charge in [0.25, 0.3) is 0 Å². The van der Waals surface area contributed by atoms with Crippen molar-refractivity contribution in [3.63, 3.8) is 0 Å². The standard InChI is InChI=1S/C11H9N3O4/c1-6-13-12-5-14(6)9-3-7(10(15)16)2-8(4-9)11(17)18/h2-5H,1H3,(H,15,16)(H,17,18). The van der Waals surface area contributed by atoms with Crippen LogP contribution in [0.4, 0.5) is 0 Å². The number of carbonyl (C=O) groups is 2. The van der Waals surface area contributed by atoms with Gasteiger partial charge in [-0.15, -0.1) is 10.2 Å². The van der Waals surface area contributed by atoms with Crippen molar-refractivity contribution in [2.24, 2.45) is 0 Å². The lowest BCUT2D eigenvalue weighted by Gasteiger charge is -2.07. The molecule has 0 unspecified atom stereocenters. The lowest BCUT2D eigenvalue weighted by molar-refractivity contribution is 0.0696. The number of aromatic nitrogens is 3. The van der Waals surface area contributed by atoms with E-state index in [9.17, 15) is 9.59 Å². The molecule has 2 aromatic rings. The van der Waals surface area contributed by atoms with Crippen LogP contribution in [0.25, 0.3) is 5.69 Å². The molecular formula is C11H9N3O4. The van der Waals surface area contributed by atoms with Crippen molar-refractivity contribution >= 4 is 11.9 Å². The van der Waals surface area contributed by atoms with Crippen LogP contribution in [0.2, 0.25) is 0 Å². The largest absolute Gasteiger partial charge is 0.478 e. The Bertz CT molecular complexity index is 601. The molecule has 2 N–H and O–H groups in total. The van der Waals surface area contributed by atoms with E-state index >= 15 is 0 Å². The Balaban J connectivity index is 2.64. The molecule has 7 nitrogen and oxygen atoms in total. The molecular weight excluding hydrogens is 238 g/mol. The number of nitrogens with zero attached hydrogens (tertiary/aromatic N) is 3. The van der Waals surface area contributed by atoms with E-state index in [2.05, 4.69) is 10.2 Å². The third kappa shape index (κ3) is 2.05. The first-order valence-corrected chi connectivity index (χ1v) is 4.97. The SMILES string of the molecule is Cc1nncn1-c1cc(C(=O)O)cc(C(=O)O)c1. The highest BCUT2D eigenvalue weighted by atomic mass is 16.4. The number of aryl methyl sites for hydroxylation is 1. The summed E-state index contributed by atoms with van der Waals surface area (Å²) >= 11 is 0. The second-order valence-electron chi connectivity index (χ2n) is 3.63. The Kier molecular flexibility index (Phi) is 2.80. The summed E-state index contributed by atoms with van der Waals surface area (Å²) in [6.07, 6.45) is 1.39. The highest BCUT2D eigenvalue weighted by molar-refractivity contribution is 5.94. The highest BCUT2D eigenvalue weighted by Gasteiger charge is 2.13.